The molecule has 8 heteroatoms. The average molecular weight is 328 g/mol. The summed E-state index contributed by atoms with van der Waals surface area (Å²) in [6, 6.07) is 14.3. The SMILES string of the molecule is O=C(C1=NN=NC1)c1ccccc1NS(=O)(=O)c1ccccc1. The van der Waals surface area contributed by atoms with Crippen molar-refractivity contribution < 1.29 is 13.2 Å². The van der Waals surface area contributed by atoms with Crippen molar-refractivity contribution in [3.8, 4) is 0 Å². The molecule has 1 N–H and O–H groups in total. The number of nitrogens with zero attached hydrogens (tertiary/aromatic N) is 3. The lowest BCUT2D eigenvalue weighted by Gasteiger charge is -2.11. The summed E-state index contributed by atoms with van der Waals surface area (Å²) in [5, 5.41) is 10.7. The van der Waals surface area contributed by atoms with Crippen LogP contribution in [0, 0.1) is 0 Å². The highest BCUT2D eigenvalue weighted by Gasteiger charge is 2.22. The number of para-hydroxylation sites is 1. The molecule has 0 fully saturated rings. The van der Waals surface area contributed by atoms with E-state index in [2.05, 4.69) is 20.2 Å². The molecule has 1 aliphatic rings. The van der Waals surface area contributed by atoms with E-state index in [9.17, 15) is 13.2 Å². The van der Waals surface area contributed by atoms with Gasteiger partial charge in [-0.15, -0.1) is 5.10 Å². The first kappa shape index (κ1) is 15.0. The summed E-state index contributed by atoms with van der Waals surface area (Å²) in [7, 11) is -3.78. The van der Waals surface area contributed by atoms with Gasteiger partial charge in [0.1, 0.15) is 12.3 Å². The van der Waals surface area contributed by atoms with Gasteiger partial charge in [-0.05, 0) is 29.5 Å². The monoisotopic (exact) mass is 328 g/mol. The Morgan fingerprint density at radius 3 is 2.39 bits per heavy atom. The molecule has 0 aliphatic carbocycles. The lowest BCUT2D eigenvalue weighted by Crippen LogP contribution is -2.20. The van der Waals surface area contributed by atoms with Crippen molar-refractivity contribution >= 4 is 27.2 Å². The number of nitrogens with one attached hydrogen (secondary N) is 1. The third kappa shape index (κ3) is 3.16. The molecule has 2 aromatic carbocycles. The zero-order valence-corrected chi connectivity index (χ0v) is 12.7. The van der Waals surface area contributed by atoms with Crippen molar-refractivity contribution in [3.63, 3.8) is 0 Å². The molecule has 116 valence electrons. The van der Waals surface area contributed by atoms with Crippen LogP contribution in [0.2, 0.25) is 0 Å². The third-order valence-electron chi connectivity index (χ3n) is 3.18. The molecule has 0 spiro atoms. The number of anilines is 1. The van der Waals surface area contributed by atoms with E-state index in [-0.39, 0.29) is 28.4 Å². The highest BCUT2D eigenvalue weighted by molar-refractivity contribution is 7.92. The summed E-state index contributed by atoms with van der Waals surface area (Å²) in [5.74, 6) is -0.402. The quantitative estimate of drug-likeness (QED) is 0.853. The van der Waals surface area contributed by atoms with E-state index in [1.807, 2.05) is 0 Å². The molecule has 0 amide bonds. The lowest BCUT2D eigenvalue weighted by atomic mass is 10.1. The minimum absolute atomic E-state index is 0.0958. The molecule has 0 radical (unpaired) electrons. The Bertz CT molecular complexity index is 905. The van der Waals surface area contributed by atoms with Gasteiger partial charge in [0.05, 0.1) is 10.6 Å². The Kier molecular flexibility index (Phi) is 3.98. The zero-order valence-electron chi connectivity index (χ0n) is 11.9. The molecule has 0 saturated carbocycles. The number of sulfonamides is 1. The molecule has 1 aliphatic heterocycles. The molecular weight excluding hydrogens is 316 g/mol. The number of benzene rings is 2. The zero-order chi connectivity index (χ0) is 16.3. The van der Waals surface area contributed by atoms with Gasteiger partial charge in [-0.1, -0.05) is 30.3 Å². The van der Waals surface area contributed by atoms with Crippen LogP contribution in [0.25, 0.3) is 0 Å². The first-order valence-corrected chi connectivity index (χ1v) is 8.21. The first-order chi connectivity index (χ1) is 11.1. The Morgan fingerprint density at radius 2 is 1.70 bits per heavy atom. The van der Waals surface area contributed by atoms with Gasteiger partial charge in [0.2, 0.25) is 5.78 Å². The van der Waals surface area contributed by atoms with E-state index in [1.165, 1.54) is 24.3 Å². The van der Waals surface area contributed by atoms with Crippen LogP contribution < -0.4 is 4.72 Å². The van der Waals surface area contributed by atoms with Gasteiger partial charge >= 0.3 is 0 Å². The maximum absolute atomic E-state index is 12.4. The number of carbonyl (C=O) groups is 1. The van der Waals surface area contributed by atoms with Gasteiger partial charge in [-0.25, -0.2) is 8.42 Å². The lowest BCUT2D eigenvalue weighted by molar-refractivity contribution is 0.106. The summed E-state index contributed by atoms with van der Waals surface area (Å²) in [4.78, 5) is 12.5. The molecule has 0 bridgehead atoms. The third-order valence-corrected chi connectivity index (χ3v) is 4.56. The summed E-state index contributed by atoms with van der Waals surface area (Å²) in [6.45, 7) is 0.0958. The normalized spacial score (nSPS) is 13.7. The molecule has 23 heavy (non-hydrogen) atoms. The molecule has 0 saturated heterocycles. The van der Waals surface area contributed by atoms with Crippen LogP contribution in [-0.2, 0) is 10.0 Å². The second-order valence-electron chi connectivity index (χ2n) is 4.73. The number of carbonyl (C=O) groups excluding carboxylic acids is 1. The van der Waals surface area contributed by atoms with Crippen molar-refractivity contribution in [2.45, 2.75) is 4.90 Å². The average Bonchev–Trinajstić information content (AvgIpc) is 3.10. The molecule has 3 rings (SSSR count). The van der Waals surface area contributed by atoms with E-state index in [0.29, 0.717) is 0 Å². The number of hydrogen-bond donors (Lipinski definition) is 1. The fourth-order valence-electron chi connectivity index (χ4n) is 2.06. The molecular formula is C15H12N4O3S. The summed E-state index contributed by atoms with van der Waals surface area (Å²) in [5.41, 5.74) is 0.574. The first-order valence-electron chi connectivity index (χ1n) is 6.73. The largest absolute Gasteiger partial charge is 0.287 e. The molecule has 0 unspecified atom stereocenters. The molecule has 1 heterocycles. The van der Waals surface area contributed by atoms with E-state index < -0.39 is 15.8 Å². The van der Waals surface area contributed by atoms with Crippen molar-refractivity contribution in [2.75, 3.05) is 11.3 Å². The minimum atomic E-state index is -3.78. The summed E-state index contributed by atoms with van der Waals surface area (Å²) >= 11 is 0. The Labute approximate surface area is 132 Å². The highest BCUT2D eigenvalue weighted by Crippen LogP contribution is 2.21. The van der Waals surface area contributed by atoms with Gasteiger partial charge in [-0.2, -0.15) is 5.11 Å². The predicted molar refractivity (Wildman–Crippen MR) is 85.2 cm³/mol. The van der Waals surface area contributed by atoms with Crippen LogP contribution in [0.15, 0.2) is 74.9 Å². The maximum atomic E-state index is 12.4. The van der Waals surface area contributed by atoms with Crippen LogP contribution in [0.4, 0.5) is 5.69 Å². The predicted octanol–water partition coefficient (Wildman–Crippen LogP) is 2.49. The minimum Gasteiger partial charge on any atom is -0.287 e. The van der Waals surface area contributed by atoms with Crippen LogP contribution >= 0.6 is 0 Å². The van der Waals surface area contributed by atoms with Gasteiger partial charge in [-0.3, -0.25) is 9.52 Å². The maximum Gasteiger partial charge on any atom is 0.261 e. The summed E-state index contributed by atoms with van der Waals surface area (Å²) < 4.78 is 27.3. The molecule has 0 aromatic heterocycles. The van der Waals surface area contributed by atoms with Crippen molar-refractivity contribution in [2.24, 2.45) is 15.4 Å². The topological polar surface area (TPSA) is 100 Å². The van der Waals surface area contributed by atoms with Gasteiger partial charge in [0.15, 0.2) is 0 Å². The second-order valence-corrected chi connectivity index (χ2v) is 6.41. The Balaban J connectivity index is 1.94. The van der Waals surface area contributed by atoms with E-state index in [4.69, 9.17) is 0 Å². The van der Waals surface area contributed by atoms with Crippen molar-refractivity contribution in [1.82, 2.24) is 0 Å². The van der Waals surface area contributed by atoms with E-state index in [0.717, 1.165) is 0 Å². The van der Waals surface area contributed by atoms with Gasteiger partial charge < -0.3 is 0 Å². The fraction of sp³-hybridized carbons (Fsp3) is 0.0667. The standard InChI is InChI=1S/C15H12N4O3S/c20-15(14-10-16-19-17-14)12-8-4-5-9-13(12)18-23(21,22)11-6-2-1-3-7-11/h1-9,18H,10H2. The van der Waals surface area contributed by atoms with E-state index >= 15 is 0 Å². The molecule has 7 nitrogen and oxygen atoms in total. The Hall–Kier alpha value is -2.87. The van der Waals surface area contributed by atoms with Gasteiger partial charge in [0.25, 0.3) is 10.0 Å². The smallest absolute Gasteiger partial charge is 0.261 e. The number of rotatable bonds is 5. The second kappa shape index (κ2) is 6.09. The molecule has 2 aromatic rings. The van der Waals surface area contributed by atoms with Crippen LogP contribution in [0.5, 0.6) is 0 Å². The Morgan fingerprint density at radius 1 is 1.00 bits per heavy atom. The van der Waals surface area contributed by atoms with Crippen molar-refractivity contribution in [3.05, 3.63) is 60.2 Å². The van der Waals surface area contributed by atoms with Crippen LogP contribution in [0.1, 0.15) is 10.4 Å². The summed E-state index contributed by atoms with van der Waals surface area (Å²) in [6.07, 6.45) is 0. The van der Waals surface area contributed by atoms with E-state index in [1.54, 1.807) is 30.3 Å². The van der Waals surface area contributed by atoms with Crippen molar-refractivity contribution in [1.29, 1.82) is 0 Å². The fourth-order valence-corrected chi connectivity index (χ4v) is 3.16. The van der Waals surface area contributed by atoms with Crippen LogP contribution in [0.3, 0.4) is 0 Å². The number of Topliss-reactive ketones (excluding diaryl/α,β-unsaturated/α-hetero) is 1. The number of hydrogen-bond acceptors (Lipinski definition) is 6. The highest BCUT2D eigenvalue weighted by atomic mass is 32.2. The van der Waals surface area contributed by atoms with Gasteiger partial charge in [0, 0.05) is 5.56 Å². The molecule has 0 atom stereocenters. The van der Waals surface area contributed by atoms with Crippen LogP contribution in [-0.4, -0.2) is 26.5 Å². The number of ketones is 1.